The second kappa shape index (κ2) is 6.15. The van der Waals surface area contributed by atoms with Gasteiger partial charge in [0.25, 0.3) is 5.91 Å². The number of carbonyl (C=O) groups is 1. The van der Waals surface area contributed by atoms with E-state index in [0.717, 1.165) is 4.88 Å². The number of amides is 1. The van der Waals surface area contributed by atoms with Gasteiger partial charge in [-0.05, 0) is 24.3 Å². The number of carbonyl (C=O) groups excluding carboxylic acids is 1. The molecular formula is C14H11ClN2O3S. The zero-order valence-electron chi connectivity index (χ0n) is 10.8. The molecule has 2 aromatic rings. The average Bonchev–Trinajstić information content (AvgIpc) is 2.92. The lowest BCUT2D eigenvalue weighted by atomic mass is 10.2. The molecule has 0 saturated heterocycles. The minimum absolute atomic E-state index is 0.156. The lowest BCUT2D eigenvalue weighted by Gasteiger charge is -2.24. The molecule has 3 rings (SSSR count). The lowest BCUT2D eigenvalue weighted by molar-refractivity contribution is -0.130. The number of hydrogen-bond acceptors (Lipinski definition) is 5. The second-order valence-electron chi connectivity index (χ2n) is 4.24. The van der Waals surface area contributed by atoms with Crippen molar-refractivity contribution in [2.24, 2.45) is 5.10 Å². The first-order valence-electron chi connectivity index (χ1n) is 6.19. The fourth-order valence-electron chi connectivity index (χ4n) is 1.78. The monoisotopic (exact) mass is 322 g/mol. The molecule has 0 radical (unpaired) electrons. The van der Waals surface area contributed by atoms with Crippen LogP contribution in [0.2, 0.25) is 4.34 Å². The van der Waals surface area contributed by atoms with Crippen LogP contribution in [-0.2, 0) is 4.79 Å². The molecule has 21 heavy (non-hydrogen) atoms. The van der Waals surface area contributed by atoms with Crippen LogP contribution in [-0.4, -0.2) is 24.8 Å². The Bertz CT molecular complexity index is 686. The minimum atomic E-state index is -0.719. The molecule has 0 saturated carbocycles. The maximum absolute atomic E-state index is 12.0. The van der Waals surface area contributed by atoms with Gasteiger partial charge in [-0.2, -0.15) is 5.10 Å². The van der Waals surface area contributed by atoms with Crippen LogP contribution in [0.3, 0.4) is 0 Å². The molecule has 1 aliphatic rings. The van der Waals surface area contributed by atoms with E-state index in [2.05, 4.69) is 10.5 Å². The molecule has 1 aromatic heterocycles. The Morgan fingerprint density at radius 2 is 2.14 bits per heavy atom. The van der Waals surface area contributed by atoms with E-state index in [1.807, 2.05) is 18.2 Å². The van der Waals surface area contributed by atoms with Crippen molar-refractivity contribution in [3.05, 3.63) is 45.6 Å². The molecule has 1 atom stereocenters. The van der Waals surface area contributed by atoms with E-state index in [-0.39, 0.29) is 12.5 Å². The van der Waals surface area contributed by atoms with Crippen LogP contribution in [0.5, 0.6) is 11.5 Å². The van der Waals surface area contributed by atoms with Crippen LogP contribution in [0.25, 0.3) is 0 Å². The molecule has 1 N–H and O–H groups in total. The van der Waals surface area contributed by atoms with Gasteiger partial charge in [0.1, 0.15) is 6.61 Å². The smallest absolute Gasteiger partial charge is 0.284 e. The highest BCUT2D eigenvalue weighted by Gasteiger charge is 2.26. The summed E-state index contributed by atoms with van der Waals surface area (Å²) in [5.74, 6) is 0.833. The van der Waals surface area contributed by atoms with Crippen molar-refractivity contribution in [2.75, 3.05) is 6.61 Å². The molecule has 1 amide bonds. The van der Waals surface area contributed by atoms with Gasteiger partial charge < -0.3 is 9.47 Å². The van der Waals surface area contributed by atoms with Gasteiger partial charge in [0.05, 0.1) is 10.6 Å². The number of benzene rings is 1. The van der Waals surface area contributed by atoms with Gasteiger partial charge in [0, 0.05) is 4.88 Å². The van der Waals surface area contributed by atoms with Gasteiger partial charge in [-0.15, -0.1) is 11.3 Å². The second-order valence-corrected chi connectivity index (χ2v) is 5.99. The van der Waals surface area contributed by atoms with E-state index < -0.39 is 6.10 Å². The number of rotatable bonds is 3. The fraction of sp³-hybridized carbons (Fsp3) is 0.143. The third-order valence-corrected chi connectivity index (χ3v) is 3.93. The van der Waals surface area contributed by atoms with Crippen molar-refractivity contribution < 1.29 is 14.3 Å². The van der Waals surface area contributed by atoms with Crippen molar-refractivity contribution in [1.29, 1.82) is 0 Å². The maximum atomic E-state index is 12.0. The Labute approximate surface area is 130 Å². The number of hydrogen-bond donors (Lipinski definition) is 1. The van der Waals surface area contributed by atoms with Crippen molar-refractivity contribution in [1.82, 2.24) is 5.43 Å². The van der Waals surface area contributed by atoms with Crippen molar-refractivity contribution >= 4 is 35.1 Å². The molecular weight excluding hydrogens is 312 g/mol. The quantitative estimate of drug-likeness (QED) is 0.698. The van der Waals surface area contributed by atoms with Gasteiger partial charge in [0.2, 0.25) is 6.10 Å². The summed E-state index contributed by atoms with van der Waals surface area (Å²) >= 11 is 7.18. The summed E-state index contributed by atoms with van der Waals surface area (Å²) in [5, 5.41) is 3.88. The topological polar surface area (TPSA) is 59.9 Å². The Morgan fingerprint density at radius 1 is 1.33 bits per heavy atom. The van der Waals surface area contributed by atoms with Gasteiger partial charge in [-0.3, -0.25) is 4.79 Å². The van der Waals surface area contributed by atoms with Crippen molar-refractivity contribution in [3.63, 3.8) is 0 Å². The molecule has 0 fully saturated rings. The number of para-hydroxylation sites is 2. The predicted octanol–water partition coefficient (Wildman–Crippen LogP) is 2.69. The molecule has 5 nitrogen and oxygen atoms in total. The molecule has 0 unspecified atom stereocenters. The number of thiophene rings is 1. The normalized spacial score (nSPS) is 16.9. The average molecular weight is 323 g/mol. The van der Waals surface area contributed by atoms with Crippen molar-refractivity contribution in [2.45, 2.75) is 6.10 Å². The molecule has 0 spiro atoms. The van der Waals surface area contributed by atoms with Gasteiger partial charge in [0.15, 0.2) is 11.5 Å². The Balaban J connectivity index is 1.58. The summed E-state index contributed by atoms with van der Waals surface area (Å²) in [6.07, 6.45) is 0.815. The van der Waals surface area contributed by atoms with Crippen molar-refractivity contribution in [3.8, 4) is 11.5 Å². The molecule has 0 aliphatic carbocycles. The molecule has 1 aliphatic heterocycles. The van der Waals surface area contributed by atoms with Gasteiger partial charge in [-0.1, -0.05) is 23.7 Å². The van der Waals surface area contributed by atoms with Crippen LogP contribution in [0.4, 0.5) is 0 Å². The molecule has 0 bridgehead atoms. The molecule has 1 aromatic carbocycles. The standard InChI is InChI=1S/C14H11ClN2O3S/c15-13-6-5-9(21-13)7-16-17-14(18)12-8-19-10-3-1-2-4-11(10)20-12/h1-7,12H,8H2,(H,17,18)/b16-7+/t12-/m0/s1. The summed E-state index contributed by atoms with van der Waals surface area (Å²) in [6, 6.07) is 10.8. The SMILES string of the molecule is O=C(N/N=C/c1ccc(Cl)s1)[C@@H]1COc2ccccc2O1. The van der Waals surface area contributed by atoms with Crippen LogP contribution in [0.1, 0.15) is 4.88 Å². The van der Waals surface area contributed by atoms with Crippen LogP contribution >= 0.6 is 22.9 Å². The number of nitrogens with zero attached hydrogens (tertiary/aromatic N) is 1. The van der Waals surface area contributed by atoms with E-state index in [1.54, 1.807) is 18.2 Å². The highest BCUT2D eigenvalue weighted by atomic mass is 35.5. The predicted molar refractivity (Wildman–Crippen MR) is 81.4 cm³/mol. The number of hydrazone groups is 1. The summed E-state index contributed by atoms with van der Waals surface area (Å²) in [7, 11) is 0. The fourth-order valence-corrected chi connectivity index (χ4v) is 2.71. The lowest BCUT2D eigenvalue weighted by Crippen LogP contribution is -2.42. The highest BCUT2D eigenvalue weighted by Crippen LogP contribution is 2.30. The van der Waals surface area contributed by atoms with Crippen LogP contribution in [0.15, 0.2) is 41.5 Å². The van der Waals surface area contributed by atoms with E-state index >= 15 is 0 Å². The molecule has 7 heteroatoms. The third-order valence-electron chi connectivity index (χ3n) is 2.76. The number of ether oxygens (including phenoxy) is 2. The third kappa shape index (κ3) is 3.34. The summed E-state index contributed by atoms with van der Waals surface area (Å²) in [6.45, 7) is 0.156. The summed E-state index contributed by atoms with van der Waals surface area (Å²) in [5.41, 5.74) is 2.43. The van der Waals surface area contributed by atoms with E-state index in [9.17, 15) is 4.79 Å². The number of fused-ring (bicyclic) bond motifs is 1. The van der Waals surface area contributed by atoms with Crippen LogP contribution < -0.4 is 14.9 Å². The Morgan fingerprint density at radius 3 is 2.90 bits per heavy atom. The Kier molecular flexibility index (Phi) is 4.08. The zero-order chi connectivity index (χ0) is 14.7. The first kappa shape index (κ1) is 13.9. The summed E-state index contributed by atoms with van der Waals surface area (Å²) in [4.78, 5) is 12.8. The first-order chi connectivity index (χ1) is 10.2. The molecule has 108 valence electrons. The Hall–Kier alpha value is -2.05. The summed E-state index contributed by atoms with van der Waals surface area (Å²) < 4.78 is 11.7. The van der Waals surface area contributed by atoms with Gasteiger partial charge in [-0.25, -0.2) is 5.43 Å². The largest absolute Gasteiger partial charge is 0.485 e. The van der Waals surface area contributed by atoms with E-state index in [1.165, 1.54) is 17.6 Å². The number of nitrogens with one attached hydrogen (secondary N) is 1. The maximum Gasteiger partial charge on any atom is 0.284 e. The van der Waals surface area contributed by atoms with E-state index in [0.29, 0.717) is 15.8 Å². The first-order valence-corrected chi connectivity index (χ1v) is 7.38. The number of halogens is 1. The zero-order valence-corrected chi connectivity index (χ0v) is 12.4. The van der Waals surface area contributed by atoms with E-state index in [4.69, 9.17) is 21.1 Å². The minimum Gasteiger partial charge on any atom is -0.485 e. The van der Waals surface area contributed by atoms with Crippen LogP contribution in [0, 0.1) is 0 Å². The highest BCUT2D eigenvalue weighted by molar-refractivity contribution is 7.17. The van der Waals surface area contributed by atoms with Gasteiger partial charge >= 0.3 is 0 Å². The molecule has 2 heterocycles.